The molecule has 0 saturated carbocycles. The van der Waals surface area contributed by atoms with Crippen LogP contribution in [0, 0.1) is 6.92 Å². The molecule has 0 spiro atoms. The maximum atomic E-state index is 4.53. The Balaban J connectivity index is 1.90. The van der Waals surface area contributed by atoms with Crippen molar-refractivity contribution in [1.82, 2.24) is 19.9 Å². The van der Waals surface area contributed by atoms with Gasteiger partial charge in [0.2, 0.25) is 0 Å². The van der Waals surface area contributed by atoms with Crippen molar-refractivity contribution in [2.24, 2.45) is 0 Å². The van der Waals surface area contributed by atoms with Gasteiger partial charge in [0.15, 0.2) is 5.65 Å². The number of rotatable bonds is 1. The maximum Gasteiger partial charge on any atom is 0.178 e. The summed E-state index contributed by atoms with van der Waals surface area (Å²) in [7, 11) is 0. The van der Waals surface area contributed by atoms with E-state index in [1.54, 1.807) is 23.7 Å². The fourth-order valence-corrected chi connectivity index (χ4v) is 3.05. The van der Waals surface area contributed by atoms with E-state index in [9.17, 15) is 0 Å². The Morgan fingerprint density at radius 2 is 1.75 bits per heavy atom. The van der Waals surface area contributed by atoms with Crippen molar-refractivity contribution in [2.45, 2.75) is 6.92 Å². The average Bonchev–Trinajstić information content (AvgIpc) is 2.85. The van der Waals surface area contributed by atoms with Crippen molar-refractivity contribution < 1.29 is 0 Å². The molecule has 4 rings (SSSR count). The van der Waals surface area contributed by atoms with Crippen molar-refractivity contribution in [1.29, 1.82) is 0 Å². The van der Waals surface area contributed by atoms with Crippen LogP contribution in [0.4, 0.5) is 0 Å². The Bertz CT molecular complexity index is 929. The molecule has 20 heavy (non-hydrogen) atoms. The second-order valence-corrected chi connectivity index (χ2v) is 5.77. The van der Waals surface area contributed by atoms with Crippen LogP contribution in [0.2, 0.25) is 0 Å². The highest BCUT2D eigenvalue weighted by Crippen LogP contribution is 2.28. The number of hydrogen-bond acceptors (Lipinski definition) is 5. The van der Waals surface area contributed by atoms with E-state index >= 15 is 0 Å². The van der Waals surface area contributed by atoms with Crippen LogP contribution in [-0.4, -0.2) is 19.9 Å². The zero-order chi connectivity index (χ0) is 13.5. The molecule has 0 aliphatic carbocycles. The van der Waals surface area contributed by atoms with Crippen molar-refractivity contribution in [2.75, 3.05) is 0 Å². The fourth-order valence-electron chi connectivity index (χ4n) is 2.24. The van der Waals surface area contributed by atoms with Crippen molar-refractivity contribution in [3.05, 3.63) is 47.9 Å². The summed E-state index contributed by atoms with van der Waals surface area (Å²) in [5.41, 5.74) is 4.64. The minimum absolute atomic E-state index is 0.668. The van der Waals surface area contributed by atoms with E-state index in [1.165, 1.54) is 4.70 Å². The third-order valence-corrected chi connectivity index (χ3v) is 4.10. The Morgan fingerprint density at radius 1 is 0.900 bits per heavy atom. The Morgan fingerprint density at radius 3 is 2.70 bits per heavy atom. The van der Waals surface area contributed by atoms with Crippen LogP contribution in [0.5, 0.6) is 0 Å². The van der Waals surface area contributed by atoms with Crippen LogP contribution in [0.15, 0.2) is 42.9 Å². The lowest BCUT2D eigenvalue weighted by molar-refractivity contribution is 1.22. The van der Waals surface area contributed by atoms with Gasteiger partial charge in [-0.2, -0.15) is 0 Å². The summed E-state index contributed by atoms with van der Waals surface area (Å²) < 4.78 is 1.21. The van der Waals surface area contributed by atoms with Gasteiger partial charge in [0.05, 0.1) is 15.2 Å². The van der Waals surface area contributed by atoms with Gasteiger partial charge in [0.1, 0.15) is 5.52 Å². The van der Waals surface area contributed by atoms with E-state index in [0.29, 0.717) is 5.65 Å². The van der Waals surface area contributed by atoms with Gasteiger partial charge in [0.25, 0.3) is 0 Å². The van der Waals surface area contributed by atoms with Gasteiger partial charge >= 0.3 is 0 Å². The first-order valence-corrected chi connectivity index (χ1v) is 7.05. The molecule has 0 aliphatic heterocycles. The maximum absolute atomic E-state index is 4.53. The molecular formula is C15H10N4S. The minimum atomic E-state index is 0.668. The van der Waals surface area contributed by atoms with Gasteiger partial charge < -0.3 is 0 Å². The zero-order valence-corrected chi connectivity index (χ0v) is 11.6. The molecule has 0 amide bonds. The number of fused-ring (bicyclic) bond motifs is 2. The number of thiazole rings is 1. The zero-order valence-electron chi connectivity index (χ0n) is 10.7. The van der Waals surface area contributed by atoms with E-state index in [2.05, 4.69) is 38.1 Å². The summed E-state index contributed by atoms with van der Waals surface area (Å²) in [5, 5.41) is 1.08. The molecule has 4 nitrogen and oxygen atoms in total. The highest BCUT2D eigenvalue weighted by Gasteiger charge is 2.05. The fraction of sp³-hybridized carbons (Fsp3) is 0.0667. The van der Waals surface area contributed by atoms with Crippen molar-refractivity contribution >= 4 is 32.7 Å². The van der Waals surface area contributed by atoms with E-state index in [0.717, 1.165) is 27.2 Å². The quantitative estimate of drug-likeness (QED) is 0.533. The molecule has 96 valence electrons. The SMILES string of the molecule is Cc1nc2cc(-c3cnc4nccnc4c3)ccc2s1. The van der Waals surface area contributed by atoms with Crippen LogP contribution in [0.1, 0.15) is 5.01 Å². The highest BCUT2D eigenvalue weighted by atomic mass is 32.1. The third-order valence-electron chi connectivity index (χ3n) is 3.15. The molecule has 3 heterocycles. The van der Waals surface area contributed by atoms with Gasteiger partial charge in [-0.15, -0.1) is 11.3 Å². The molecule has 0 N–H and O–H groups in total. The van der Waals surface area contributed by atoms with Gasteiger partial charge in [-0.1, -0.05) is 6.07 Å². The largest absolute Gasteiger partial charge is 0.251 e. The van der Waals surface area contributed by atoms with Crippen LogP contribution < -0.4 is 0 Å². The minimum Gasteiger partial charge on any atom is -0.251 e. The third kappa shape index (κ3) is 1.83. The van der Waals surface area contributed by atoms with Gasteiger partial charge in [-0.25, -0.2) is 15.0 Å². The van der Waals surface area contributed by atoms with Crippen LogP contribution in [0.3, 0.4) is 0 Å². The first-order valence-electron chi connectivity index (χ1n) is 6.24. The summed E-state index contributed by atoms with van der Waals surface area (Å²) in [6, 6.07) is 8.31. The number of hydrogen-bond donors (Lipinski definition) is 0. The van der Waals surface area contributed by atoms with Gasteiger partial charge in [0, 0.05) is 24.2 Å². The standard InChI is InChI=1S/C15H10N4S/c1-9-19-12-6-10(2-3-14(12)20-9)11-7-13-15(18-8-11)17-5-4-16-13/h2-8H,1H3. The smallest absolute Gasteiger partial charge is 0.178 e. The molecule has 4 aromatic rings. The predicted octanol–water partition coefficient (Wildman–Crippen LogP) is 3.61. The van der Waals surface area contributed by atoms with Crippen LogP contribution in [0.25, 0.3) is 32.5 Å². The molecule has 0 aliphatic rings. The lowest BCUT2D eigenvalue weighted by Gasteiger charge is -2.02. The monoisotopic (exact) mass is 278 g/mol. The Hall–Kier alpha value is -2.40. The van der Waals surface area contributed by atoms with Gasteiger partial charge in [-0.05, 0) is 30.7 Å². The molecule has 1 aromatic carbocycles. The summed E-state index contributed by atoms with van der Waals surface area (Å²) in [6.45, 7) is 2.03. The van der Waals surface area contributed by atoms with Crippen molar-refractivity contribution in [3.8, 4) is 11.1 Å². The second-order valence-electron chi connectivity index (χ2n) is 4.54. The van der Waals surface area contributed by atoms with Gasteiger partial charge in [-0.3, -0.25) is 4.98 Å². The number of aryl methyl sites for hydroxylation is 1. The molecule has 0 saturated heterocycles. The molecule has 0 fully saturated rings. The molecule has 0 unspecified atom stereocenters. The summed E-state index contributed by atoms with van der Waals surface area (Å²) >= 11 is 1.71. The summed E-state index contributed by atoms with van der Waals surface area (Å²) in [6.07, 6.45) is 5.16. The first kappa shape index (κ1) is 11.4. The number of benzene rings is 1. The van der Waals surface area contributed by atoms with Crippen LogP contribution >= 0.6 is 11.3 Å². The van der Waals surface area contributed by atoms with Crippen molar-refractivity contribution in [3.63, 3.8) is 0 Å². The predicted molar refractivity (Wildman–Crippen MR) is 80.7 cm³/mol. The van der Waals surface area contributed by atoms with E-state index in [1.807, 2.05) is 19.2 Å². The molecule has 5 heteroatoms. The molecule has 0 radical (unpaired) electrons. The normalized spacial score (nSPS) is 11.2. The highest BCUT2D eigenvalue weighted by molar-refractivity contribution is 7.18. The van der Waals surface area contributed by atoms with Crippen LogP contribution in [-0.2, 0) is 0 Å². The summed E-state index contributed by atoms with van der Waals surface area (Å²) in [5.74, 6) is 0. The first-order chi connectivity index (χ1) is 9.79. The number of pyridine rings is 1. The Labute approximate surface area is 119 Å². The van der Waals surface area contributed by atoms with E-state index < -0.39 is 0 Å². The molecule has 0 bridgehead atoms. The molecular weight excluding hydrogens is 268 g/mol. The second kappa shape index (κ2) is 4.31. The number of aromatic nitrogens is 4. The molecule has 0 atom stereocenters. The topological polar surface area (TPSA) is 51.6 Å². The van der Waals surface area contributed by atoms with E-state index in [-0.39, 0.29) is 0 Å². The Kier molecular flexibility index (Phi) is 2.47. The lowest BCUT2D eigenvalue weighted by Crippen LogP contribution is -1.87. The summed E-state index contributed by atoms with van der Waals surface area (Å²) in [4.78, 5) is 17.4. The lowest BCUT2D eigenvalue weighted by atomic mass is 10.1. The number of nitrogens with zero attached hydrogens (tertiary/aromatic N) is 4. The van der Waals surface area contributed by atoms with E-state index in [4.69, 9.17) is 0 Å². The molecule has 3 aromatic heterocycles. The average molecular weight is 278 g/mol.